The monoisotopic (exact) mass is 288 g/mol. The van der Waals surface area contributed by atoms with Gasteiger partial charge in [-0.2, -0.15) is 5.26 Å². The SMILES string of the molecule is CC(CNc1ccc([N+](=O)[O-])cc1C#N)CN1CCCC1. The Bertz CT molecular complexity index is 547. The van der Waals surface area contributed by atoms with Gasteiger partial charge in [0.2, 0.25) is 0 Å². The van der Waals surface area contributed by atoms with Crippen molar-refractivity contribution in [2.75, 3.05) is 31.5 Å². The highest BCUT2D eigenvalue weighted by molar-refractivity contribution is 5.61. The summed E-state index contributed by atoms with van der Waals surface area (Å²) in [4.78, 5) is 12.7. The lowest BCUT2D eigenvalue weighted by molar-refractivity contribution is -0.384. The lowest BCUT2D eigenvalue weighted by atomic mass is 10.1. The number of rotatable bonds is 6. The second-order valence-electron chi connectivity index (χ2n) is 5.59. The second-order valence-corrected chi connectivity index (χ2v) is 5.59. The molecule has 1 aromatic carbocycles. The number of nitrogens with zero attached hydrogens (tertiary/aromatic N) is 3. The Balaban J connectivity index is 1.93. The molecule has 1 saturated heterocycles. The summed E-state index contributed by atoms with van der Waals surface area (Å²) in [6.45, 7) is 6.31. The number of benzene rings is 1. The van der Waals surface area contributed by atoms with E-state index >= 15 is 0 Å². The molecule has 1 aliphatic heterocycles. The van der Waals surface area contributed by atoms with Gasteiger partial charge >= 0.3 is 0 Å². The maximum atomic E-state index is 10.7. The predicted octanol–water partition coefficient (Wildman–Crippen LogP) is 2.61. The van der Waals surface area contributed by atoms with Crippen LogP contribution in [0.25, 0.3) is 0 Å². The van der Waals surface area contributed by atoms with Crippen LogP contribution >= 0.6 is 0 Å². The van der Waals surface area contributed by atoms with Gasteiger partial charge in [0.25, 0.3) is 5.69 Å². The van der Waals surface area contributed by atoms with E-state index in [-0.39, 0.29) is 5.69 Å². The van der Waals surface area contributed by atoms with Crippen molar-refractivity contribution in [2.24, 2.45) is 5.92 Å². The Kier molecular flexibility index (Phi) is 5.12. The number of nitrogens with one attached hydrogen (secondary N) is 1. The van der Waals surface area contributed by atoms with E-state index in [1.807, 2.05) is 6.07 Å². The lowest BCUT2D eigenvalue weighted by Crippen LogP contribution is -2.29. The predicted molar refractivity (Wildman–Crippen MR) is 81.1 cm³/mol. The molecule has 0 saturated carbocycles. The minimum Gasteiger partial charge on any atom is -0.384 e. The fourth-order valence-electron chi connectivity index (χ4n) is 2.65. The van der Waals surface area contributed by atoms with E-state index in [1.54, 1.807) is 6.07 Å². The summed E-state index contributed by atoms with van der Waals surface area (Å²) >= 11 is 0. The van der Waals surface area contributed by atoms with Crippen LogP contribution in [0.4, 0.5) is 11.4 Å². The van der Waals surface area contributed by atoms with Gasteiger partial charge in [-0.25, -0.2) is 0 Å². The van der Waals surface area contributed by atoms with E-state index in [1.165, 1.54) is 38.1 Å². The quantitative estimate of drug-likeness (QED) is 0.642. The number of nitro benzene ring substituents is 1. The first-order valence-corrected chi connectivity index (χ1v) is 7.25. The summed E-state index contributed by atoms with van der Waals surface area (Å²) in [5, 5.41) is 23.0. The average Bonchev–Trinajstić information content (AvgIpc) is 2.97. The zero-order valence-electron chi connectivity index (χ0n) is 12.2. The fourth-order valence-corrected chi connectivity index (χ4v) is 2.65. The summed E-state index contributed by atoms with van der Waals surface area (Å²) in [6, 6.07) is 6.36. The van der Waals surface area contributed by atoms with Crippen molar-refractivity contribution in [3.63, 3.8) is 0 Å². The van der Waals surface area contributed by atoms with Crippen LogP contribution in [0.2, 0.25) is 0 Å². The van der Waals surface area contributed by atoms with Crippen LogP contribution in [-0.4, -0.2) is 36.0 Å². The minimum atomic E-state index is -0.485. The van der Waals surface area contributed by atoms with Crippen LogP contribution in [0.15, 0.2) is 18.2 Å². The van der Waals surface area contributed by atoms with E-state index in [9.17, 15) is 10.1 Å². The van der Waals surface area contributed by atoms with Crippen LogP contribution in [0, 0.1) is 27.4 Å². The Morgan fingerprint density at radius 1 is 1.48 bits per heavy atom. The lowest BCUT2D eigenvalue weighted by Gasteiger charge is -2.21. The molecule has 6 nitrogen and oxygen atoms in total. The van der Waals surface area contributed by atoms with Gasteiger partial charge in [0.05, 0.1) is 16.2 Å². The zero-order valence-corrected chi connectivity index (χ0v) is 12.2. The summed E-state index contributed by atoms with van der Waals surface area (Å²) in [5.74, 6) is 0.463. The molecule has 0 spiro atoms. The average molecular weight is 288 g/mol. The number of anilines is 1. The molecule has 0 amide bonds. The van der Waals surface area contributed by atoms with Gasteiger partial charge in [0.1, 0.15) is 6.07 Å². The third-order valence-corrected chi connectivity index (χ3v) is 3.74. The molecular formula is C15H20N4O2. The van der Waals surface area contributed by atoms with E-state index in [4.69, 9.17) is 5.26 Å². The van der Waals surface area contributed by atoms with Gasteiger partial charge in [-0.1, -0.05) is 6.92 Å². The molecule has 1 heterocycles. The normalized spacial score (nSPS) is 16.4. The van der Waals surface area contributed by atoms with Gasteiger partial charge in [-0.3, -0.25) is 10.1 Å². The fraction of sp³-hybridized carbons (Fsp3) is 0.533. The number of non-ortho nitro benzene ring substituents is 1. The maximum Gasteiger partial charge on any atom is 0.270 e. The number of likely N-dealkylation sites (tertiary alicyclic amines) is 1. The van der Waals surface area contributed by atoms with Crippen LogP contribution in [0.1, 0.15) is 25.3 Å². The molecule has 0 aromatic heterocycles. The number of nitriles is 1. The van der Waals surface area contributed by atoms with E-state index in [2.05, 4.69) is 17.1 Å². The molecule has 6 heteroatoms. The van der Waals surface area contributed by atoms with Crippen molar-refractivity contribution in [1.29, 1.82) is 5.26 Å². The first kappa shape index (κ1) is 15.3. The number of hydrogen-bond acceptors (Lipinski definition) is 5. The van der Waals surface area contributed by atoms with Crippen molar-refractivity contribution in [3.05, 3.63) is 33.9 Å². The molecule has 2 rings (SSSR count). The number of nitro groups is 1. The van der Waals surface area contributed by atoms with Gasteiger partial charge in [0, 0.05) is 25.2 Å². The summed E-state index contributed by atoms with van der Waals surface area (Å²) < 4.78 is 0. The third kappa shape index (κ3) is 4.17. The zero-order chi connectivity index (χ0) is 15.2. The first-order valence-electron chi connectivity index (χ1n) is 7.25. The summed E-state index contributed by atoms with van der Waals surface area (Å²) in [5.41, 5.74) is 0.927. The Morgan fingerprint density at radius 3 is 2.81 bits per heavy atom. The van der Waals surface area contributed by atoms with Crippen LogP contribution in [-0.2, 0) is 0 Å². The largest absolute Gasteiger partial charge is 0.384 e. The van der Waals surface area contributed by atoms with Gasteiger partial charge in [0.15, 0.2) is 0 Å². The standard InChI is InChI=1S/C15H20N4O2/c1-12(11-18-6-2-3-7-18)10-17-15-5-4-14(19(20)21)8-13(15)9-16/h4-5,8,12,17H,2-3,6-7,10-11H2,1H3. The first-order chi connectivity index (χ1) is 10.1. The molecule has 112 valence electrons. The molecule has 21 heavy (non-hydrogen) atoms. The molecule has 1 aliphatic rings. The van der Waals surface area contributed by atoms with Crippen molar-refractivity contribution in [3.8, 4) is 6.07 Å². The molecule has 0 aliphatic carbocycles. The molecule has 0 bridgehead atoms. The third-order valence-electron chi connectivity index (χ3n) is 3.74. The Hall–Kier alpha value is -2.13. The van der Waals surface area contributed by atoms with Crippen LogP contribution in [0.3, 0.4) is 0 Å². The number of hydrogen-bond donors (Lipinski definition) is 1. The van der Waals surface area contributed by atoms with Gasteiger partial charge in [-0.05, 0) is 37.9 Å². The van der Waals surface area contributed by atoms with E-state index < -0.39 is 4.92 Å². The smallest absolute Gasteiger partial charge is 0.270 e. The second kappa shape index (κ2) is 7.04. The highest BCUT2D eigenvalue weighted by Gasteiger charge is 2.15. The minimum absolute atomic E-state index is 0.0535. The van der Waals surface area contributed by atoms with E-state index in [0.29, 0.717) is 17.2 Å². The topological polar surface area (TPSA) is 82.2 Å². The highest BCUT2D eigenvalue weighted by atomic mass is 16.6. The molecule has 1 unspecified atom stereocenters. The molecule has 1 N–H and O–H groups in total. The van der Waals surface area contributed by atoms with Crippen molar-refractivity contribution >= 4 is 11.4 Å². The Morgan fingerprint density at radius 2 is 2.19 bits per heavy atom. The molecule has 1 aromatic rings. The van der Waals surface area contributed by atoms with Crippen molar-refractivity contribution < 1.29 is 4.92 Å². The molecule has 0 radical (unpaired) electrons. The summed E-state index contributed by atoms with van der Waals surface area (Å²) in [7, 11) is 0. The summed E-state index contributed by atoms with van der Waals surface area (Å²) in [6.07, 6.45) is 2.56. The molecular weight excluding hydrogens is 268 g/mol. The maximum absolute atomic E-state index is 10.7. The molecule has 1 atom stereocenters. The van der Waals surface area contributed by atoms with E-state index in [0.717, 1.165) is 13.1 Å². The van der Waals surface area contributed by atoms with Crippen molar-refractivity contribution in [1.82, 2.24) is 4.90 Å². The van der Waals surface area contributed by atoms with Crippen LogP contribution < -0.4 is 5.32 Å². The van der Waals surface area contributed by atoms with Gasteiger partial charge < -0.3 is 10.2 Å². The molecule has 1 fully saturated rings. The van der Waals surface area contributed by atoms with Crippen molar-refractivity contribution in [2.45, 2.75) is 19.8 Å². The highest BCUT2D eigenvalue weighted by Crippen LogP contribution is 2.21. The van der Waals surface area contributed by atoms with Crippen LogP contribution in [0.5, 0.6) is 0 Å². The Labute approximate surface area is 124 Å². The van der Waals surface area contributed by atoms with Gasteiger partial charge in [-0.15, -0.1) is 0 Å².